The highest BCUT2D eigenvalue weighted by Crippen LogP contribution is 2.26. The lowest BCUT2D eigenvalue weighted by Gasteiger charge is -2.40. The number of nitrogens with zero attached hydrogens (tertiary/aromatic N) is 1. The van der Waals surface area contributed by atoms with Crippen molar-refractivity contribution in [1.29, 1.82) is 0 Å². The molecular weight excluding hydrogens is 241 g/mol. The number of carbonyl (C=O) groups is 2. The van der Waals surface area contributed by atoms with E-state index in [0.717, 1.165) is 4.90 Å². The fourth-order valence-corrected chi connectivity index (χ4v) is 1.44. The molecule has 0 aromatic heterocycles. The van der Waals surface area contributed by atoms with E-state index in [2.05, 4.69) is 0 Å². The van der Waals surface area contributed by atoms with Crippen LogP contribution in [0.5, 0.6) is 0 Å². The summed E-state index contributed by atoms with van der Waals surface area (Å²) in [5, 5.41) is 0. The number of carbonyl (C=O) groups excluding carboxylic acids is 2. The summed E-state index contributed by atoms with van der Waals surface area (Å²) in [6.45, 7) is 0.136. The van der Waals surface area contributed by atoms with Gasteiger partial charge in [0, 0.05) is 13.0 Å². The first-order chi connectivity index (χ1) is 7.82. The maximum absolute atomic E-state index is 12.1. The first kappa shape index (κ1) is 13.8. The van der Waals surface area contributed by atoms with E-state index in [1.165, 1.54) is 0 Å². The number of alkyl halides is 3. The van der Waals surface area contributed by atoms with Crippen LogP contribution in [0.3, 0.4) is 0 Å². The average molecular weight is 254 g/mol. The van der Waals surface area contributed by atoms with Crippen LogP contribution >= 0.6 is 0 Å². The molecule has 1 fully saturated rings. The Bertz CT molecular complexity index is 306. The van der Waals surface area contributed by atoms with E-state index in [0.29, 0.717) is 6.42 Å². The number of primary amides is 1. The second-order valence-corrected chi connectivity index (χ2v) is 3.73. The lowest BCUT2D eigenvalue weighted by atomic mass is 10.0. The van der Waals surface area contributed by atoms with E-state index in [1.807, 2.05) is 0 Å². The van der Waals surface area contributed by atoms with Gasteiger partial charge in [-0.1, -0.05) is 0 Å². The van der Waals surface area contributed by atoms with E-state index in [1.54, 1.807) is 0 Å². The van der Waals surface area contributed by atoms with E-state index in [9.17, 15) is 22.8 Å². The van der Waals surface area contributed by atoms with Gasteiger partial charge in [0.15, 0.2) is 0 Å². The average Bonchev–Trinajstić information content (AvgIpc) is 2.13. The van der Waals surface area contributed by atoms with Crippen molar-refractivity contribution >= 4 is 11.8 Å². The summed E-state index contributed by atoms with van der Waals surface area (Å²) in [6.07, 6.45) is -4.36. The van der Waals surface area contributed by atoms with Crippen molar-refractivity contribution < 1.29 is 27.5 Å². The molecule has 0 aromatic carbocycles. The van der Waals surface area contributed by atoms with Crippen LogP contribution in [0.2, 0.25) is 0 Å². The van der Waals surface area contributed by atoms with Gasteiger partial charge in [0.1, 0.15) is 0 Å². The van der Waals surface area contributed by atoms with Crippen LogP contribution in [0.4, 0.5) is 13.2 Å². The first-order valence-corrected chi connectivity index (χ1v) is 5.06. The molecule has 0 aliphatic carbocycles. The standard InChI is InChI=1S/C9H13F3N2O3/c10-9(11,12)8(16)14-3-1-6(14)5-17-4-2-7(13)15/h6H,1-5H2,(H2,13,15). The van der Waals surface area contributed by atoms with Gasteiger partial charge in [-0.15, -0.1) is 0 Å². The predicted octanol–water partition coefficient (Wildman–Crippen LogP) is 0.0416. The molecule has 0 saturated carbocycles. The van der Waals surface area contributed by atoms with Crippen molar-refractivity contribution in [3.05, 3.63) is 0 Å². The minimum Gasteiger partial charge on any atom is -0.379 e. The van der Waals surface area contributed by atoms with Crippen LogP contribution in [0.15, 0.2) is 0 Å². The summed E-state index contributed by atoms with van der Waals surface area (Å²) in [4.78, 5) is 22.0. The number of rotatable bonds is 5. The second kappa shape index (κ2) is 5.35. The molecule has 0 bridgehead atoms. The summed E-state index contributed by atoms with van der Waals surface area (Å²) < 4.78 is 41.3. The zero-order valence-electron chi connectivity index (χ0n) is 9.00. The number of ether oxygens (including phenoxy) is 1. The fourth-order valence-electron chi connectivity index (χ4n) is 1.44. The molecular formula is C9H13F3N2O3. The number of likely N-dealkylation sites (tertiary alicyclic amines) is 1. The van der Waals surface area contributed by atoms with Crippen LogP contribution in [-0.4, -0.2) is 48.7 Å². The molecule has 8 heteroatoms. The summed E-state index contributed by atoms with van der Waals surface area (Å²) in [7, 11) is 0. The minimum atomic E-state index is -4.84. The third-order valence-electron chi connectivity index (χ3n) is 2.45. The van der Waals surface area contributed by atoms with E-state index < -0.39 is 24.0 Å². The maximum atomic E-state index is 12.1. The summed E-state index contributed by atoms with van der Waals surface area (Å²) in [5.74, 6) is -2.38. The van der Waals surface area contributed by atoms with Gasteiger partial charge < -0.3 is 15.4 Å². The van der Waals surface area contributed by atoms with Crippen molar-refractivity contribution in [2.24, 2.45) is 5.73 Å². The Labute approximate surface area is 95.7 Å². The van der Waals surface area contributed by atoms with E-state index >= 15 is 0 Å². The van der Waals surface area contributed by atoms with Gasteiger partial charge in [-0.3, -0.25) is 9.59 Å². The van der Waals surface area contributed by atoms with Gasteiger partial charge in [0.05, 0.1) is 19.3 Å². The number of amides is 2. The highest BCUT2D eigenvalue weighted by atomic mass is 19.4. The van der Waals surface area contributed by atoms with Gasteiger partial charge in [0.25, 0.3) is 0 Å². The maximum Gasteiger partial charge on any atom is 0.471 e. The highest BCUT2D eigenvalue weighted by molar-refractivity contribution is 5.82. The Hall–Kier alpha value is -1.31. The van der Waals surface area contributed by atoms with Gasteiger partial charge in [0.2, 0.25) is 5.91 Å². The monoisotopic (exact) mass is 254 g/mol. The molecule has 1 saturated heterocycles. The quantitative estimate of drug-likeness (QED) is 0.704. The van der Waals surface area contributed by atoms with Crippen molar-refractivity contribution in [2.75, 3.05) is 19.8 Å². The fraction of sp³-hybridized carbons (Fsp3) is 0.778. The molecule has 2 N–H and O–H groups in total. The van der Waals surface area contributed by atoms with Crippen molar-refractivity contribution in [3.63, 3.8) is 0 Å². The van der Waals surface area contributed by atoms with Gasteiger partial charge in [-0.2, -0.15) is 13.2 Å². The molecule has 0 radical (unpaired) electrons. The Morgan fingerprint density at radius 3 is 2.47 bits per heavy atom. The Morgan fingerprint density at radius 2 is 2.06 bits per heavy atom. The molecule has 0 spiro atoms. The zero-order valence-corrected chi connectivity index (χ0v) is 9.00. The van der Waals surface area contributed by atoms with Gasteiger partial charge in [-0.25, -0.2) is 0 Å². The van der Waals surface area contributed by atoms with Crippen molar-refractivity contribution in [1.82, 2.24) is 4.90 Å². The van der Waals surface area contributed by atoms with Crippen LogP contribution < -0.4 is 5.73 Å². The van der Waals surface area contributed by atoms with Crippen LogP contribution in [0.1, 0.15) is 12.8 Å². The number of hydrogen-bond donors (Lipinski definition) is 1. The SMILES string of the molecule is NC(=O)CCOCC1CCN1C(=O)C(F)(F)F. The van der Waals surface area contributed by atoms with Crippen molar-refractivity contribution in [2.45, 2.75) is 25.1 Å². The second-order valence-electron chi connectivity index (χ2n) is 3.73. The lowest BCUT2D eigenvalue weighted by Crippen LogP contribution is -2.57. The molecule has 17 heavy (non-hydrogen) atoms. The zero-order chi connectivity index (χ0) is 13.1. The summed E-state index contributed by atoms with van der Waals surface area (Å²) in [5.41, 5.74) is 4.86. The Balaban J connectivity index is 2.27. The third kappa shape index (κ3) is 3.88. The third-order valence-corrected chi connectivity index (χ3v) is 2.45. The van der Waals surface area contributed by atoms with E-state index in [4.69, 9.17) is 10.5 Å². The molecule has 1 unspecified atom stereocenters. The Morgan fingerprint density at radius 1 is 1.41 bits per heavy atom. The minimum absolute atomic E-state index is 0.00486. The summed E-state index contributed by atoms with van der Waals surface area (Å²) >= 11 is 0. The molecule has 98 valence electrons. The van der Waals surface area contributed by atoms with Crippen LogP contribution in [0, 0.1) is 0 Å². The lowest BCUT2D eigenvalue weighted by molar-refractivity contribution is -0.194. The van der Waals surface area contributed by atoms with Crippen molar-refractivity contribution in [3.8, 4) is 0 Å². The van der Waals surface area contributed by atoms with Crippen LogP contribution in [0.25, 0.3) is 0 Å². The van der Waals surface area contributed by atoms with Crippen LogP contribution in [-0.2, 0) is 14.3 Å². The topological polar surface area (TPSA) is 72.6 Å². The first-order valence-electron chi connectivity index (χ1n) is 5.06. The molecule has 1 aliphatic heterocycles. The Kier molecular flexibility index (Phi) is 4.33. The molecule has 5 nitrogen and oxygen atoms in total. The highest BCUT2D eigenvalue weighted by Gasteiger charge is 2.47. The number of halogens is 3. The number of nitrogens with two attached hydrogens (primary N) is 1. The summed E-state index contributed by atoms with van der Waals surface area (Å²) in [6, 6.07) is -0.558. The largest absolute Gasteiger partial charge is 0.471 e. The molecule has 1 aliphatic rings. The number of hydrogen-bond acceptors (Lipinski definition) is 3. The molecule has 2 amide bonds. The van der Waals surface area contributed by atoms with Gasteiger partial charge in [-0.05, 0) is 6.42 Å². The van der Waals surface area contributed by atoms with E-state index in [-0.39, 0.29) is 26.2 Å². The molecule has 1 rings (SSSR count). The smallest absolute Gasteiger partial charge is 0.379 e. The molecule has 0 aromatic rings. The van der Waals surface area contributed by atoms with Gasteiger partial charge >= 0.3 is 12.1 Å². The molecule has 1 heterocycles. The predicted molar refractivity (Wildman–Crippen MR) is 50.8 cm³/mol. The normalized spacial score (nSPS) is 19.9. The molecule has 1 atom stereocenters.